The molecule has 1 aromatic heterocycles. The van der Waals surface area contributed by atoms with Crippen LogP contribution in [0.1, 0.15) is 31.1 Å². The van der Waals surface area contributed by atoms with Crippen LogP contribution >= 0.6 is 34.5 Å². The van der Waals surface area contributed by atoms with Crippen LogP contribution in [0.4, 0.5) is 10.7 Å². The van der Waals surface area contributed by atoms with Crippen LogP contribution in [-0.4, -0.2) is 62.7 Å². The molecule has 1 atom stereocenters. The van der Waals surface area contributed by atoms with Gasteiger partial charge in [0, 0.05) is 37.0 Å². The zero-order valence-electron chi connectivity index (χ0n) is 19.7. The van der Waals surface area contributed by atoms with E-state index in [-0.39, 0.29) is 22.7 Å². The van der Waals surface area contributed by atoms with Crippen molar-refractivity contribution >= 4 is 55.3 Å². The molecule has 0 saturated heterocycles. The van der Waals surface area contributed by atoms with Crippen LogP contribution in [0.3, 0.4) is 0 Å². The fourth-order valence-electron chi connectivity index (χ4n) is 3.33. The maximum atomic E-state index is 13.3. The smallest absolute Gasteiger partial charge is 0.328 e. The molecule has 2 rings (SSSR count). The second kappa shape index (κ2) is 14.5. The average Bonchev–Trinajstić information content (AvgIpc) is 3.31. The summed E-state index contributed by atoms with van der Waals surface area (Å²) in [4.78, 5) is 15.0. The largest absolute Gasteiger partial charge is 0.382 e. The molecule has 0 aliphatic heterocycles. The van der Waals surface area contributed by atoms with E-state index in [1.807, 2.05) is 18.7 Å². The number of alkyl halides is 2. The quantitative estimate of drug-likeness (QED) is 0.104. The van der Waals surface area contributed by atoms with Crippen molar-refractivity contribution < 1.29 is 17.5 Å². The summed E-state index contributed by atoms with van der Waals surface area (Å²) in [6.07, 6.45) is -0.127. The van der Waals surface area contributed by atoms with Crippen molar-refractivity contribution in [3.8, 4) is 17.6 Å². The Morgan fingerprint density at radius 1 is 1.09 bits per heavy atom. The third-order valence-electron chi connectivity index (χ3n) is 5.27. The SMILES string of the molecule is CCN(CC)CC#CCC(c1ccsc1[N+](=O)[O-])S(=O)(=O)Oc1ccc(N(CCCl)CCCl)cc1. The maximum Gasteiger partial charge on any atom is 0.328 e. The van der Waals surface area contributed by atoms with E-state index in [1.165, 1.54) is 23.6 Å². The Balaban J connectivity index is 2.30. The minimum atomic E-state index is -4.29. The molecule has 1 aromatic carbocycles. The van der Waals surface area contributed by atoms with Gasteiger partial charge in [-0.3, -0.25) is 15.0 Å². The van der Waals surface area contributed by atoms with Gasteiger partial charge in [-0.1, -0.05) is 31.1 Å². The molecule has 2 aromatic rings. The molecule has 12 heteroatoms. The number of hydrogen-bond acceptors (Lipinski definition) is 8. The number of rotatable bonds is 14. The first-order chi connectivity index (χ1) is 16.8. The summed E-state index contributed by atoms with van der Waals surface area (Å²) in [6, 6.07) is 7.95. The molecule has 0 radical (unpaired) electrons. The lowest BCUT2D eigenvalue weighted by Crippen LogP contribution is -2.27. The fraction of sp³-hybridized carbons (Fsp3) is 0.478. The summed E-state index contributed by atoms with van der Waals surface area (Å²) in [5.74, 6) is 6.79. The van der Waals surface area contributed by atoms with E-state index in [2.05, 4.69) is 16.7 Å². The first-order valence-corrected chi connectivity index (χ1v) is 14.5. The van der Waals surface area contributed by atoms with Gasteiger partial charge in [-0.05, 0) is 48.8 Å². The van der Waals surface area contributed by atoms with Gasteiger partial charge in [-0.25, -0.2) is 0 Å². The second-order valence-electron chi connectivity index (χ2n) is 7.38. The predicted molar refractivity (Wildman–Crippen MR) is 144 cm³/mol. The summed E-state index contributed by atoms with van der Waals surface area (Å²) in [5.41, 5.74) is 0.896. The minimum absolute atomic E-state index is 0.0733. The molecule has 0 aliphatic carbocycles. The number of nitrogens with zero attached hydrogens (tertiary/aromatic N) is 3. The van der Waals surface area contributed by atoms with E-state index in [0.717, 1.165) is 30.1 Å². The van der Waals surface area contributed by atoms with Crippen LogP contribution in [0.25, 0.3) is 0 Å². The van der Waals surface area contributed by atoms with Gasteiger partial charge in [-0.2, -0.15) is 8.42 Å². The summed E-state index contributed by atoms with van der Waals surface area (Å²) < 4.78 is 32.0. The summed E-state index contributed by atoms with van der Waals surface area (Å²) in [7, 11) is -4.29. The molecule has 8 nitrogen and oxygen atoms in total. The molecular weight excluding hydrogens is 533 g/mol. The van der Waals surface area contributed by atoms with Crippen LogP contribution in [0, 0.1) is 22.0 Å². The molecule has 0 amide bonds. The first kappa shape index (κ1) is 29.2. The van der Waals surface area contributed by atoms with Crippen LogP contribution in [-0.2, 0) is 10.1 Å². The van der Waals surface area contributed by atoms with Crippen molar-refractivity contribution in [3.63, 3.8) is 0 Å². The monoisotopic (exact) mass is 561 g/mol. The van der Waals surface area contributed by atoms with Crippen molar-refractivity contribution in [1.29, 1.82) is 0 Å². The predicted octanol–water partition coefficient (Wildman–Crippen LogP) is 5.13. The number of benzene rings is 1. The Morgan fingerprint density at radius 3 is 2.26 bits per heavy atom. The van der Waals surface area contributed by atoms with Crippen molar-refractivity contribution in [1.82, 2.24) is 4.90 Å². The molecule has 0 aliphatic rings. The number of nitro groups is 1. The molecule has 192 valence electrons. The number of anilines is 1. The molecule has 0 N–H and O–H groups in total. The molecule has 0 fully saturated rings. The Hall–Kier alpha value is -2.03. The lowest BCUT2D eigenvalue weighted by Gasteiger charge is -2.23. The second-order valence-corrected chi connectivity index (χ2v) is 10.8. The standard InChI is InChI=1S/C23H29Cl2N3O5S2/c1-3-26(4-2)15-6-5-7-22(21-12-18-34-23(21)28(29)30)35(31,32)33-20-10-8-19(9-11-20)27(16-13-24)17-14-25/h8-12,18,22H,3-4,7,13-17H2,1-2H3. The molecule has 1 unspecified atom stereocenters. The lowest BCUT2D eigenvalue weighted by molar-refractivity contribution is -0.380. The van der Waals surface area contributed by atoms with Gasteiger partial charge in [-0.15, -0.1) is 29.1 Å². The van der Waals surface area contributed by atoms with Gasteiger partial charge in [0.05, 0.1) is 17.0 Å². The molecular formula is C23H29Cl2N3O5S2. The summed E-state index contributed by atoms with van der Waals surface area (Å²) in [5, 5.41) is 11.4. The summed E-state index contributed by atoms with van der Waals surface area (Å²) in [6.45, 7) is 7.30. The van der Waals surface area contributed by atoms with E-state index in [1.54, 1.807) is 12.1 Å². The molecule has 0 bridgehead atoms. The van der Waals surface area contributed by atoms with Gasteiger partial charge in [0.1, 0.15) is 11.0 Å². The van der Waals surface area contributed by atoms with Crippen LogP contribution < -0.4 is 9.08 Å². The average molecular weight is 563 g/mol. The van der Waals surface area contributed by atoms with E-state index < -0.39 is 20.3 Å². The maximum absolute atomic E-state index is 13.3. The number of hydrogen-bond donors (Lipinski definition) is 0. The normalized spacial score (nSPS) is 12.1. The van der Waals surface area contributed by atoms with E-state index in [9.17, 15) is 18.5 Å². The molecule has 35 heavy (non-hydrogen) atoms. The first-order valence-electron chi connectivity index (χ1n) is 11.1. The molecule has 0 saturated carbocycles. The van der Waals surface area contributed by atoms with Crippen molar-refractivity contribution in [3.05, 3.63) is 51.4 Å². The van der Waals surface area contributed by atoms with Gasteiger partial charge in [0.2, 0.25) is 0 Å². The van der Waals surface area contributed by atoms with E-state index in [0.29, 0.717) is 31.4 Å². The van der Waals surface area contributed by atoms with Crippen LogP contribution in [0.5, 0.6) is 5.75 Å². The van der Waals surface area contributed by atoms with Crippen molar-refractivity contribution in [2.24, 2.45) is 0 Å². The Bertz CT molecular complexity index is 1100. The fourth-order valence-corrected chi connectivity index (χ4v) is 5.87. The zero-order valence-corrected chi connectivity index (χ0v) is 22.8. The van der Waals surface area contributed by atoms with Gasteiger partial charge >= 0.3 is 15.1 Å². The Morgan fingerprint density at radius 2 is 1.71 bits per heavy atom. The van der Waals surface area contributed by atoms with E-state index >= 15 is 0 Å². The third kappa shape index (κ3) is 8.54. The van der Waals surface area contributed by atoms with Crippen LogP contribution in [0.2, 0.25) is 0 Å². The highest BCUT2D eigenvalue weighted by atomic mass is 35.5. The van der Waals surface area contributed by atoms with Crippen molar-refractivity contribution in [2.75, 3.05) is 49.4 Å². The zero-order chi connectivity index (χ0) is 25.8. The van der Waals surface area contributed by atoms with Crippen LogP contribution in [0.15, 0.2) is 35.7 Å². The van der Waals surface area contributed by atoms with Gasteiger partial charge in [0.15, 0.2) is 0 Å². The number of halogens is 2. The molecule has 1 heterocycles. The highest BCUT2D eigenvalue weighted by molar-refractivity contribution is 7.87. The lowest BCUT2D eigenvalue weighted by atomic mass is 10.1. The molecule has 0 spiro atoms. The minimum Gasteiger partial charge on any atom is -0.382 e. The van der Waals surface area contributed by atoms with Crippen molar-refractivity contribution in [2.45, 2.75) is 25.5 Å². The van der Waals surface area contributed by atoms with Gasteiger partial charge in [0.25, 0.3) is 0 Å². The summed E-state index contributed by atoms with van der Waals surface area (Å²) >= 11 is 12.6. The number of thiophene rings is 1. The topological polar surface area (TPSA) is 93.0 Å². The van der Waals surface area contributed by atoms with Gasteiger partial charge < -0.3 is 9.08 Å². The Kier molecular flexibility index (Phi) is 12.1. The highest BCUT2D eigenvalue weighted by Crippen LogP contribution is 2.38. The third-order valence-corrected chi connectivity index (χ3v) is 8.03. The van der Waals surface area contributed by atoms with E-state index in [4.69, 9.17) is 27.4 Å². The Labute approximate surface area is 221 Å². The highest BCUT2D eigenvalue weighted by Gasteiger charge is 2.35.